The number of esters is 1. The molecule has 20 heavy (non-hydrogen) atoms. The molecule has 2 aliphatic rings. The maximum atomic E-state index is 11.9. The van der Waals surface area contributed by atoms with Gasteiger partial charge < -0.3 is 20.1 Å². The molecule has 6 heteroatoms. The van der Waals surface area contributed by atoms with Crippen molar-refractivity contribution in [1.29, 1.82) is 0 Å². The molecule has 1 amide bonds. The number of amides is 1. The van der Waals surface area contributed by atoms with Gasteiger partial charge in [-0.05, 0) is 6.07 Å². The number of fused-ring (bicyclic) bond motifs is 3. The summed E-state index contributed by atoms with van der Waals surface area (Å²) in [6.07, 6.45) is -0.505. The van der Waals surface area contributed by atoms with E-state index >= 15 is 0 Å². The number of rotatable bonds is 1. The van der Waals surface area contributed by atoms with Crippen LogP contribution in [0.4, 0.5) is 5.69 Å². The van der Waals surface area contributed by atoms with Crippen molar-refractivity contribution in [3.8, 4) is 0 Å². The molecular formula is C14H16N2O4. The van der Waals surface area contributed by atoms with E-state index < -0.39 is 23.8 Å². The fourth-order valence-electron chi connectivity index (χ4n) is 3.23. The molecule has 3 atom stereocenters. The van der Waals surface area contributed by atoms with Crippen molar-refractivity contribution < 1.29 is 19.4 Å². The van der Waals surface area contributed by atoms with Crippen molar-refractivity contribution in [1.82, 2.24) is 4.90 Å². The van der Waals surface area contributed by atoms with E-state index in [0.29, 0.717) is 5.56 Å². The summed E-state index contributed by atoms with van der Waals surface area (Å²) < 4.78 is 4.74. The number of ether oxygens (including phenoxy) is 1. The fourth-order valence-corrected chi connectivity index (χ4v) is 3.23. The summed E-state index contributed by atoms with van der Waals surface area (Å²) in [6, 6.07) is 6.56. The lowest BCUT2D eigenvalue weighted by molar-refractivity contribution is -0.151. The molecule has 1 aromatic carbocycles. The second-order valence-corrected chi connectivity index (χ2v) is 5.19. The Morgan fingerprint density at radius 2 is 2.15 bits per heavy atom. The highest BCUT2D eigenvalue weighted by molar-refractivity contribution is 5.86. The summed E-state index contributed by atoms with van der Waals surface area (Å²) in [5.41, 5.74) is 0.235. The summed E-state index contributed by atoms with van der Waals surface area (Å²) in [5.74, 6) is -0.788. The van der Waals surface area contributed by atoms with Crippen LogP contribution in [0.1, 0.15) is 18.9 Å². The maximum Gasteiger partial charge on any atom is 0.328 e. The summed E-state index contributed by atoms with van der Waals surface area (Å²) in [6.45, 7) is 1.38. The van der Waals surface area contributed by atoms with Crippen LogP contribution in [-0.4, -0.2) is 41.2 Å². The van der Waals surface area contributed by atoms with Crippen molar-refractivity contribution in [3.05, 3.63) is 29.8 Å². The van der Waals surface area contributed by atoms with E-state index in [4.69, 9.17) is 4.74 Å². The number of nitrogens with one attached hydrogen (secondary N) is 1. The predicted molar refractivity (Wildman–Crippen MR) is 70.7 cm³/mol. The Morgan fingerprint density at radius 1 is 1.45 bits per heavy atom. The Balaban J connectivity index is 2.06. The number of carbonyl (C=O) groups is 2. The van der Waals surface area contributed by atoms with Crippen LogP contribution in [0.15, 0.2) is 24.3 Å². The van der Waals surface area contributed by atoms with Crippen molar-refractivity contribution >= 4 is 17.6 Å². The number of benzene rings is 1. The van der Waals surface area contributed by atoms with Crippen LogP contribution in [0.3, 0.4) is 0 Å². The molecule has 1 fully saturated rings. The van der Waals surface area contributed by atoms with Crippen LogP contribution in [0.5, 0.6) is 0 Å². The molecule has 1 aromatic rings. The van der Waals surface area contributed by atoms with Crippen LogP contribution >= 0.6 is 0 Å². The third-order valence-electron chi connectivity index (χ3n) is 4.09. The molecule has 0 radical (unpaired) electrons. The number of methoxy groups -OCH3 is 1. The highest BCUT2D eigenvalue weighted by Crippen LogP contribution is 2.49. The Hall–Kier alpha value is -2.08. The number of hydrogen-bond acceptors (Lipinski definition) is 5. The monoisotopic (exact) mass is 276 g/mol. The van der Waals surface area contributed by atoms with Gasteiger partial charge in [0, 0.05) is 24.6 Å². The van der Waals surface area contributed by atoms with E-state index in [-0.39, 0.29) is 12.3 Å². The van der Waals surface area contributed by atoms with Gasteiger partial charge in [-0.15, -0.1) is 0 Å². The van der Waals surface area contributed by atoms with Gasteiger partial charge in [0.1, 0.15) is 17.8 Å². The number of para-hydroxylation sites is 1. The molecule has 2 heterocycles. The molecule has 2 aliphatic heterocycles. The molecule has 0 unspecified atom stereocenters. The van der Waals surface area contributed by atoms with Gasteiger partial charge in [-0.25, -0.2) is 4.79 Å². The normalized spacial score (nSPS) is 30.4. The first-order valence-corrected chi connectivity index (χ1v) is 6.44. The second kappa shape index (κ2) is 4.21. The van der Waals surface area contributed by atoms with Gasteiger partial charge in [0.05, 0.1) is 7.11 Å². The smallest absolute Gasteiger partial charge is 0.328 e. The SMILES string of the molecule is COC(=O)[C@@H]1C[C@@]2(O)c3ccccc3N[C@@H]2N1C(C)=O. The highest BCUT2D eigenvalue weighted by atomic mass is 16.5. The first-order chi connectivity index (χ1) is 9.49. The fraction of sp³-hybridized carbons (Fsp3) is 0.429. The average molecular weight is 276 g/mol. The average Bonchev–Trinajstić information content (AvgIpc) is 2.87. The van der Waals surface area contributed by atoms with Gasteiger partial charge >= 0.3 is 5.97 Å². The van der Waals surface area contributed by atoms with Crippen molar-refractivity contribution in [3.63, 3.8) is 0 Å². The lowest BCUT2D eigenvalue weighted by Crippen LogP contribution is -2.49. The number of nitrogens with zero attached hydrogens (tertiary/aromatic N) is 1. The van der Waals surface area contributed by atoms with Gasteiger partial charge in [-0.3, -0.25) is 4.79 Å². The molecule has 0 spiro atoms. The van der Waals surface area contributed by atoms with Crippen LogP contribution in [0.25, 0.3) is 0 Å². The number of anilines is 1. The highest BCUT2D eigenvalue weighted by Gasteiger charge is 2.59. The Morgan fingerprint density at radius 3 is 2.80 bits per heavy atom. The molecule has 106 valence electrons. The minimum Gasteiger partial charge on any atom is -0.467 e. The van der Waals surface area contributed by atoms with Crippen molar-refractivity contribution in [2.24, 2.45) is 0 Å². The quantitative estimate of drug-likeness (QED) is 0.727. The third-order valence-corrected chi connectivity index (χ3v) is 4.09. The van der Waals surface area contributed by atoms with Crippen LogP contribution in [0, 0.1) is 0 Å². The molecule has 0 aromatic heterocycles. The largest absolute Gasteiger partial charge is 0.467 e. The van der Waals surface area contributed by atoms with E-state index in [1.165, 1.54) is 18.9 Å². The van der Waals surface area contributed by atoms with E-state index in [2.05, 4.69) is 5.32 Å². The topological polar surface area (TPSA) is 78.9 Å². The molecule has 0 bridgehead atoms. The Labute approximate surface area is 116 Å². The summed E-state index contributed by atoms with van der Waals surface area (Å²) in [5, 5.41) is 14.1. The minimum atomic E-state index is -1.26. The van der Waals surface area contributed by atoms with E-state index in [1.807, 2.05) is 18.2 Å². The first kappa shape index (κ1) is 12.9. The lowest BCUT2D eigenvalue weighted by Gasteiger charge is -2.29. The maximum absolute atomic E-state index is 11.9. The Kier molecular flexibility index (Phi) is 2.72. The van der Waals surface area contributed by atoms with Gasteiger partial charge in [0.2, 0.25) is 5.91 Å². The van der Waals surface area contributed by atoms with Crippen LogP contribution < -0.4 is 5.32 Å². The summed E-state index contributed by atoms with van der Waals surface area (Å²) in [4.78, 5) is 25.1. The van der Waals surface area contributed by atoms with E-state index in [0.717, 1.165) is 5.69 Å². The van der Waals surface area contributed by atoms with Crippen molar-refractivity contribution in [2.75, 3.05) is 12.4 Å². The zero-order valence-electron chi connectivity index (χ0n) is 11.3. The Bertz CT molecular complexity index is 588. The molecule has 6 nitrogen and oxygen atoms in total. The third kappa shape index (κ3) is 1.54. The number of hydrogen-bond donors (Lipinski definition) is 2. The molecule has 2 N–H and O–H groups in total. The minimum absolute atomic E-state index is 0.133. The van der Waals surface area contributed by atoms with E-state index in [9.17, 15) is 14.7 Å². The number of likely N-dealkylation sites (tertiary alicyclic amines) is 1. The number of aliphatic hydroxyl groups is 1. The molecule has 0 saturated carbocycles. The van der Waals surface area contributed by atoms with Crippen molar-refractivity contribution in [2.45, 2.75) is 31.2 Å². The summed E-state index contributed by atoms with van der Waals surface area (Å²) >= 11 is 0. The molecule has 1 saturated heterocycles. The first-order valence-electron chi connectivity index (χ1n) is 6.44. The second-order valence-electron chi connectivity index (χ2n) is 5.19. The predicted octanol–water partition coefficient (Wildman–Crippen LogP) is 0.420. The van der Waals surface area contributed by atoms with Gasteiger partial charge in [-0.2, -0.15) is 0 Å². The standard InChI is InChI=1S/C14H16N2O4/c1-8(17)16-11(12(18)20-2)7-14(19)9-5-3-4-6-10(9)15-13(14)16/h3-6,11,13,15,19H,7H2,1-2H3/t11-,13+,14+/m0/s1. The van der Waals surface area contributed by atoms with Gasteiger partial charge in [-0.1, -0.05) is 18.2 Å². The van der Waals surface area contributed by atoms with Crippen LogP contribution in [-0.2, 0) is 19.9 Å². The zero-order chi connectivity index (χ0) is 14.5. The molecule has 3 rings (SSSR count). The molecule has 0 aliphatic carbocycles. The zero-order valence-corrected chi connectivity index (χ0v) is 11.3. The van der Waals surface area contributed by atoms with Gasteiger partial charge in [0.25, 0.3) is 0 Å². The van der Waals surface area contributed by atoms with Gasteiger partial charge in [0.15, 0.2) is 0 Å². The van der Waals surface area contributed by atoms with Crippen LogP contribution in [0.2, 0.25) is 0 Å². The lowest BCUT2D eigenvalue weighted by atomic mass is 9.91. The number of carbonyl (C=O) groups excluding carboxylic acids is 2. The molecular weight excluding hydrogens is 260 g/mol. The van der Waals surface area contributed by atoms with E-state index in [1.54, 1.807) is 6.07 Å². The summed E-state index contributed by atoms with van der Waals surface area (Å²) in [7, 11) is 1.28.